The van der Waals surface area contributed by atoms with Gasteiger partial charge in [0, 0.05) is 40.7 Å². The number of aliphatic hydroxyl groups is 1. The molecule has 2 aliphatic heterocycles. The van der Waals surface area contributed by atoms with Gasteiger partial charge in [0.1, 0.15) is 5.82 Å². The van der Waals surface area contributed by atoms with Gasteiger partial charge in [-0.2, -0.15) is 0 Å². The normalized spacial score (nSPS) is 23.0. The summed E-state index contributed by atoms with van der Waals surface area (Å²) in [7, 11) is 0. The third kappa shape index (κ3) is 2.23. The van der Waals surface area contributed by atoms with Gasteiger partial charge in [0.15, 0.2) is 5.60 Å². The summed E-state index contributed by atoms with van der Waals surface area (Å²) < 4.78 is 16.3. The number of rotatable bonds is 1. The van der Waals surface area contributed by atoms with Gasteiger partial charge in [-0.3, -0.25) is 9.59 Å². The lowest BCUT2D eigenvalue weighted by atomic mass is 9.82. The zero-order chi connectivity index (χ0) is 22.5. The van der Waals surface area contributed by atoms with Crippen LogP contribution in [-0.4, -0.2) is 20.6 Å². The van der Waals surface area contributed by atoms with Gasteiger partial charge in [0.05, 0.1) is 23.4 Å². The maximum atomic E-state index is 14.7. The SMILES string of the molecule is CC[C@@]1(O)C(=O)NCc2c1cc1n(c2=O)Cc2c-1nc1cc(F)c(C)c3c1c2[C@@H](N)CC3. The molecule has 2 atom stereocenters. The van der Waals surface area contributed by atoms with Crippen molar-refractivity contribution < 1.29 is 14.3 Å². The number of amides is 1. The van der Waals surface area contributed by atoms with E-state index in [0.29, 0.717) is 53.0 Å². The minimum absolute atomic E-state index is 0.0717. The highest BCUT2D eigenvalue weighted by molar-refractivity contribution is 5.93. The van der Waals surface area contributed by atoms with Crippen molar-refractivity contribution in [3.8, 4) is 11.4 Å². The molecule has 8 heteroatoms. The van der Waals surface area contributed by atoms with Gasteiger partial charge in [0.25, 0.3) is 11.5 Å². The molecule has 164 valence electrons. The summed E-state index contributed by atoms with van der Waals surface area (Å²) in [5.74, 6) is -0.819. The molecule has 0 fully saturated rings. The Morgan fingerprint density at radius 1 is 1.31 bits per heavy atom. The second kappa shape index (κ2) is 6.24. The van der Waals surface area contributed by atoms with Crippen molar-refractivity contribution in [3.63, 3.8) is 0 Å². The molecular weight excluding hydrogens is 411 g/mol. The van der Waals surface area contributed by atoms with Crippen molar-refractivity contribution in [2.75, 3.05) is 0 Å². The highest BCUT2D eigenvalue weighted by atomic mass is 19.1. The number of nitrogens with one attached hydrogen (secondary N) is 1. The highest BCUT2D eigenvalue weighted by Gasteiger charge is 2.44. The number of carbonyl (C=O) groups excluding carboxylic acids is 1. The molecule has 32 heavy (non-hydrogen) atoms. The molecule has 1 aromatic carbocycles. The first-order valence-electron chi connectivity index (χ1n) is 10.9. The number of fused-ring (bicyclic) bond motifs is 5. The van der Waals surface area contributed by atoms with Crippen LogP contribution in [0, 0.1) is 12.7 Å². The van der Waals surface area contributed by atoms with Gasteiger partial charge >= 0.3 is 0 Å². The van der Waals surface area contributed by atoms with Crippen molar-refractivity contribution in [1.29, 1.82) is 0 Å². The average Bonchev–Trinajstić information content (AvgIpc) is 3.14. The first-order valence-corrected chi connectivity index (χ1v) is 10.9. The first-order chi connectivity index (χ1) is 15.3. The monoisotopic (exact) mass is 434 g/mol. The first kappa shape index (κ1) is 19.6. The molecule has 2 aromatic heterocycles. The fraction of sp³-hybridized carbons (Fsp3) is 0.375. The summed E-state index contributed by atoms with van der Waals surface area (Å²) in [6.45, 7) is 3.87. The standard InChI is InChI=1S/C24H23FN4O3/c1-3-24(32)14-6-18-21-13(9-29(18)22(30)12(14)8-27-23(24)31)19-16(26)5-4-11-10(2)15(25)7-17(28-21)20(11)19/h6-7,16,32H,3-5,8-9,26H2,1-2H3,(H,27,31)/t16-,24-/m0/s1. The number of pyridine rings is 2. The smallest absolute Gasteiger partial charge is 0.256 e. The van der Waals surface area contributed by atoms with E-state index in [1.165, 1.54) is 6.07 Å². The van der Waals surface area contributed by atoms with E-state index >= 15 is 0 Å². The van der Waals surface area contributed by atoms with Crippen molar-refractivity contribution in [2.24, 2.45) is 5.73 Å². The number of nitrogens with two attached hydrogens (primary N) is 1. The van der Waals surface area contributed by atoms with Crippen LogP contribution >= 0.6 is 0 Å². The lowest BCUT2D eigenvalue weighted by Gasteiger charge is -2.32. The molecular formula is C24H23FN4O3. The van der Waals surface area contributed by atoms with E-state index in [1.54, 1.807) is 24.5 Å². The van der Waals surface area contributed by atoms with Crippen LogP contribution in [0.4, 0.5) is 4.39 Å². The van der Waals surface area contributed by atoms with Gasteiger partial charge < -0.3 is 20.7 Å². The predicted molar refractivity (Wildman–Crippen MR) is 117 cm³/mol. The van der Waals surface area contributed by atoms with Crippen LogP contribution in [0.15, 0.2) is 16.9 Å². The van der Waals surface area contributed by atoms with Crippen LogP contribution in [-0.2, 0) is 29.9 Å². The molecule has 7 nitrogen and oxygen atoms in total. The third-order valence-electron chi connectivity index (χ3n) is 7.54. The summed E-state index contributed by atoms with van der Waals surface area (Å²) in [5, 5.41) is 14.6. The van der Waals surface area contributed by atoms with E-state index in [-0.39, 0.29) is 30.4 Å². The zero-order valence-corrected chi connectivity index (χ0v) is 17.9. The predicted octanol–water partition coefficient (Wildman–Crippen LogP) is 2.05. The maximum absolute atomic E-state index is 14.7. The van der Waals surface area contributed by atoms with E-state index in [4.69, 9.17) is 10.7 Å². The molecule has 0 unspecified atom stereocenters. The Balaban J connectivity index is 1.70. The lowest BCUT2D eigenvalue weighted by Crippen LogP contribution is -2.50. The van der Waals surface area contributed by atoms with E-state index < -0.39 is 11.5 Å². The van der Waals surface area contributed by atoms with Gasteiger partial charge in [-0.05, 0) is 48.9 Å². The molecule has 3 aromatic rings. The molecule has 1 amide bonds. The largest absolute Gasteiger partial charge is 0.375 e. The maximum Gasteiger partial charge on any atom is 0.256 e. The van der Waals surface area contributed by atoms with Crippen LogP contribution in [0.25, 0.3) is 22.3 Å². The van der Waals surface area contributed by atoms with Crippen molar-refractivity contribution in [1.82, 2.24) is 14.9 Å². The van der Waals surface area contributed by atoms with Gasteiger partial charge in [0.2, 0.25) is 0 Å². The average molecular weight is 434 g/mol. The molecule has 0 saturated carbocycles. The van der Waals surface area contributed by atoms with Crippen molar-refractivity contribution in [2.45, 2.75) is 57.8 Å². The summed E-state index contributed by atoms with van der Waals surface area (Å²) >= 11 is 0. The molecule has 1 aliphatic carbocycles. The number of hydrogen-bond donors (Lipinski definition) is 3. The Morgan fingerprint density at radius 2 is 2.09 bits per heavy atom. The number of nitrogens with zero attached hydrogens (tertiary/aromatic N) is 2. The molecule has 4 N–H and O–H groups in total. The number of halogens is 1. The molecule has 0 saturated heterocycles. The van der Waals surface area contributed by atoms with Crippen LogP contribution in [0.3, 0.4) is 0 Å². The number of aryl methyl sites for hydroxylation is 1. The topological polar surface area (TPSA) is 110 Å². The van der Waals surface area contributed by atoms with Crippen molar-refractivity contribution >= 4 is 16.8 Å². The molecule has 4 heterocycles. The Morgan fingerprint density at radius 3 is 2.84 bits per heavy atom. The number of hydrogen-bond acceptors (Lipinski definition) is 5. The Hall–Kier alpha value is -3.10. The number of benzene rings is 1. The molecule has 3 aliphatic rings. The minimum Gasteiger partial charge on any atom is -0.375 e. The summed E-state index contributed by atoms with van der Waals surface area (Å²) in [6.07, 6.45) is 1.52. The van der Waals surface area contributed by atoms with Crippen LogP contribution in [0.5, 0.6) is 0 Å². The fourth-order valence-electron chi connectivity index (χ4n) is 5.71. The van der Waals surface area contributed by atoms with Crippen LogP contribution < -0.4 is 16.6 Å². The van der Waals surface area contributed by atoms with Crippen LogP contribution in [0.2, 0.25) is 0 Å². The van der Waals surface area contributed by atoms with E-state index in [0.717, 1.165) is 22.1 Å². The molecule has 0 spiro atoms. The fourth-order valence-corrected chi connectivity index (χ4v) is 5.71. The quantitative estimate of drug-likeness (QED) is 0.425. The highest BCUT2D eigenvalue weighted by Crippen LogP contribution is 2.44. The summed E-state index contributed by atoms with van der Waals surface area (Å²) in [6, 6.07) is 2.91. The molecule has 6 rings (SSSR count). The van der Waals surface area contributed by atoms with Gasteiger partial charge in [-0.25, -0.2) is 9.37 Å². The second-order valence-corrected chi connectivity index (χ2v) is 9.06. The zero-order valence-electron chi connectivity index (χ0n) is 17.9. The minimum atomic E-state index is -1.77. The third-order valence-corrected chi connectivity index (χ3v) is 7.54. The lowest BCUT2D eigenvalue weighted by molar-refractivity contribution is -0.142. The van der Waals surface area contributed by atoms with Crippen LogP contribution in [0.1, 0.15) is 59.2 Å². The molecule has 0 radical (unpaired) electrons. The number of carbonyl (C=O) groups is 1. The van der Waals surface area contributed by atoms with E-state index in [1.807, 2.05) is 0 Å². The Bertz CT molecular complexity index is 1440. The second-order valence-electron chi connectivity index (χ2n) is 9.06. The summed E-state index contributed by atoms with van der Waals surface area (Å²) in [5.41, 5.74) is 10.2. The van der Waals surface area contributed by atoms with Crippen molar-refractivity contribution in [3.05, 3.63) is 61.7 Å². The Kier molecular flexibility index (Phi) is 3.81. The Labute approximate surface area is 183 Å². The van der Waals surface area contributed by atoms with E-state index in [9.17, 15) is 19.1 Å². The van der Waals surface area contributed by atoms with E-state index in [2.05, 4.69) is 5.32 Å². The van der Waals surface area contributed by atoms with Gasteiger partial charge in [-0.15, -0.1) is 0 Å². The summed E-state index contributed by atoms with van der Waals surface area (Å²) in [4.78, 5) is 30.7. The molecule has 0 bridgehead atoms. The van der Waals surface area contributed by atoms with Gasteiger partial charge in [-0.1, -0.05) is 6.92 Å². The number of aromatic nitrogens is 2.